The first-order chi connectivity index (χ1) is 6.33. The van der Waals surface area contributed by atoms with Gasteiger partial charge in [0.15, 0.2) is 0 Å². The summed E-state index contributed by atoms with van der Waals surface area (Å²) in [6, 6.07) is 0.348. The number of hydrogen-bond acceptors (Lipinski definition) is 2. The molecule has 1 atom stereocenters. The van der Waals surface area contributed by atoms with Gasteiger partial charge < -0.3 is 10.2 Å². The highest BCUT2D eigenvalue weighted by molar-refractivity contribution is 5.74. The molecule has 3 heteroatoms. The van der Waals surface area contributed by atoms with E-state index in [-0.39, 0.29) is 11.4 Å². The number of amides is 1. The van der Waals surface area contributed by atoms with Crippen LogP contribution >= 0.6 is 0 Å². The molecule has 1 aliphatic rings. The quantitative estimate of drug-likeness (QED) is 0.687. The third-order valence-corrected chi connectivity index (χ3v) is 2.93. The third kappa shape index (κ3) is 2.47. The molecule has 0 radical (unpaired) electrons. The van der Waals surface area contributed by atoms with Crippen LogP contribution in [-0.4, -0.2) is 35.5 Å². The molecule has 0 bridgehead atoms. The van der Waals surface area contributed by atoms with Crippen LogP contribution in [-0.2, 0) is 4.79 Å². The van der Waals surface area contributed by atoms with Crippen LogP contribution < -0.4 is 5.32 Å². The van der Waals surface area contributed by atoms with Crippen LogP contribution in [0.25, 0.3) is 0 Å². The van der Waals surface area contributed by atoms with Crippen molar-refractivity contribution in [1.29, 1.82) is 0 Å². The zero-order valence-corrected chi connectivity index (χ0v) is 9.92. The van der Waals surface area contributed by atoms with E-state index < -0.39 is 0 Å². The van der Waals surface area contributed by atoms with Gasteiger partial charge in [0, 0.05) is 31.6 Å². The Morgan fingerprint density at radius 1 is 1.50 bits per heavy atom. The van der Waals surface area contributed by atoms with Gasteiger partial charge in [0.25, 0.3) is 0 Å². The Morgan fingerprint density at radius 2 is 2.07 bits per heavy atom. The third-order valence-electron chi connectivity index (χ3n) is 2.93. The normalized spacial score (nSPS) is 26.7. The van der Waals surface area contributed by atoms with Crippen molar-refractivity contribution in [2.45, 2.75) is 46.2 Å². The van der Waals surface area contributed by atoms with E-state index in [2.05, 4.69) is 33.0 Å². The van der Waals surface area contributed by atoms with Gasteiger partial charge in [0.05, 0.1) is 0 Å². The standard InChI is InChI=1S/C11H22N2O/c1-8(2)10-6-12-11(4,5)7-13(10)9(3)14/h8,10,12H,6-7H2,1-5H3. The number of piperazine rings is 1. The highest BCUT2D eigenvalue weighted by atomic mass is 16.2. The smallest absolute Gasteiger partial charge is 0.219 e. The summed E-state index contributed by atoms with van der Waals surface area (Å²) in [4.78, 5) is 13.5. The topological polar surface area (TPSA) is 32.3 Å². The molecule has 1 fully saturated rings. The first-order valence-corrected chi connectivity index (χ1v) is 5.36. The second kappa shape index (κ2) is 3.89. The fourth-order valence-electron chi connectivity index (χ4n) is 2.03. The van der Waals surface area contributed by atoms with Gasteiger partial charge in [-0.2, -0.15) is 0 Å². The summed E-state index contributed by atoms with van der Waals surface area (Å²) in [5.41, 5.74) is 0.0526. The average Bonchev–Trinajstić information content (AvgIpc) is 2.01. The Labute approximate surface area is 86.9 Å². The molecule has 0 spiro atoms. The second-order valence-electron chi connectivity index (χ2n) is 5.22. The highest BCUT2D eigenvalue weighted by Gasteiger charge is 2.34. The molecule has 82 valence electrons. The van der Waals surface area contributed by atoms with E-state index in [0.717, 1.165) is 13.1 Å². The molecule has 1 N–H and O–H groups in total. The van der Waals surface area contributed by atoms with Crippen molar-refractivity contribution in [1.82, 2.24) is 10.2 Å². The lowest BCUT2D eigenvalue weighted by atomic mass is 9.93. The van der Waals surface area contributed by atoms with Gasteiger partial charge in [0.2, 0.25) is 5.91 Å². The van der Waals surface area contributed by atoms with Gasteiger partial charge in [-0.15, -0.1) is 0 Å². The summed E-state index contributed by atoms with van der Waals surface area (Å²) in [7, 11) is 0. The molecule has 1 aliphatic heterocycles. The van der Waals surface area contributed by atoms with Crippen LogP contribution in [0.3, 0.4) is 0 Å². The van der Waals surface area contributed by atoms with Crippen molar-refractivity contribution >= 4 is 5.91 Å². The number of carbonyl (C=O) groups excluding carboxylic acids is 1. The molecule has 1 rings (SSSR count). The molecule has 14 heavy (non-hydrogen) atoms. The molecule has 1 saturated heterocycles. The van der Waals surface area contributed by atoms with Crippen molar-refractivity contribution in [2.24, 2.45) is 5.92 Å². The Bertz CT molecular complexity index is 223. The van der Waals surface area contributed by atoms with Crippen molar-refractivity contribution < 1.29 is 4.79 Å². The summed E-state index contributed by atoms with van der Waals surface area (Å²) < 4.78 is 0. The number of hydrogen-bond donors (Lipinski definition) is 1. The maximum absolute atomic E-state index is 11.5. The molecular formula is C11H22N2O. The van der Waals surface area contributed by atoms with Crippen LogP contribution in [0.15, 0.2) is 0 Å². The fraction of sp³-hybridized carbons (Fsp3) is 0.909. The van der Waals surface area contributed by atoms with Crippen LogP contribution in [0.4, 0.5) is 0 Å². The van der Waals surface area contributed by atoms with Crippen LogP contribution in [0.5, 0.6) is 0 Å². The van der Waals surface area contributed by atoms with E-state index in [9.17, 15) is 4.79 Å². The highest BCUT2D eigenvalue weighted by Crippen LogP contribution is 2.19. The van der Waals surface area contributed by atoms with E-state index in [1.54, 1.807) is 6.92 Å². The molecule has 1 heterocycles. The minimum Gasteiger partial charge on any atom is -0.337 e. The van der Waals surface area contributed by atoms with Gasteiger partial charge in [-0.05, 0) is 19.8 Å². The first-order valence-electron chi connectivity index (χ1n) is 5.36. The fourth-order valence-corrected chi connectivity index (χ4v) is 2.03. The number of nitrogens with one attached hydrogen (secondary N) is 1. The van der Waals surface area contributed by atoms with Crippen molar-refractivity contribution in [3.63, 3.8) is 0 Å². The monoisotopic (exact) mass is 198 g/mol. The number of nitrogens with zero attached hydrogens (tertiary/aromatic N) is 1. The van der Waals surface area contributed by atoms with E-state index in [0.29, 0.717) is 12.0 Å². The van der Waals surface area contributed by atoms with Crippen molar-refractivity contribution in [3.05, 3.63) is 0 Å². The van der Waals surface area contributed by atoms with E-state index in [4.69, 9.17) is 0 Å². The minimum atomic E-state index is 0.0526. The van der Waals surface area contributed by atoms with Crippen molar-refractivity contribution in [3.8, 4) is 0 Å². The lowest BCUT2D eigenvalue weighted by Crippen LogP contribution is -2.63. The van der Waals surface area contributed by atoms with Gasteiger partial charge in [0.1, 0.15) is 0 Å². The lowest BCUT2D eigenvalue weighted by molar-refractivity contribution is -0.135. The van der Waals surface area contributed by atoms with Gasteiger partial charge in [-0.25, -0.2) is 0 Å². The van der Waals surface area contributed by atoms with Gasteiger partial charge in [-0.3, -0.25) is 4.79 Å². The first kappa shape index (κ1) is 11.5. The second-order valence-corrected chi connectivity index (χ2v) is 5.22. The van der Waals surface area contributed by atoms with Gasteiger partial charge >= 0.3 is 0 Å². The number of carbonyl (C=O) groups is 1. The Hall–Kier alpha value is -0.570. The van der Waals surface area contributed by atoms with E-state index in [1.165, 1.54) is 0 Å². The largest absolute Gasteiger partial charge is 0.337 e. The van der Waals surface area contributed by atoms with Crippen LogP contribution in [0.1, 0.15) is 34.6 Å². The van der Waals surface area contributed by atoms with Gasteiger partial charge in [-0.1, -0.05) is 13.8 Å². The zero-order chi connectivity index (χ0) is 10.9. The SMILES string of the molecule is CC(=O)N1CC(C)(C)NCC1C(C)C. The average molecular weight is 198 g/mol. The number of rotatable bonds is 1. The summed E-state index contributed by atoms with van der Waals surface area (Å²) in [5, 5.41) is 3.48. The predicted molar refractivity (Wildman–Crippen MR) is 58.1 cm³/mol. The molecular weight excluding hydrogens is 176 g/mol. The van der Waals surface area contributed by atoms with Crippen LogP contribution in [0, 0.1) is 5.92 Å². The predicted octanol–water partition coefficient (Wildman–Crippen LogP) is 1.24. The summed E-state index contributed by atoms with van der Waals surface area (Å²) >= 11 is 0. The minimum absolute atomic E-state index is 0.0526. The molecule has 0 aromatic heterocycles. The maximum Gasteiger partial charge on any atom is 0.219 e. The summed E-state index contributed by atoms with van der Waals surface area (Å²) in [6.07, 6.45) is 0. The Balaban J connectivity index is 2.76. The summed E-state index contributed by atoms with van der Waals surface area (Å²) in [5.74, 6) is 0.709. The van der Waals surface area contributed by atoms with E-state index in [1.807, 2.05) is 4.90 Å². The summed E-state index contributed by atoms with van der Waals surface area (Å²) in [6.45, 7) is 12.0. The van der Waals surface area contributed by atoms with Crippen molar-refractivity contribution in [2.75, 3.05) is 13.1 Å². The molecule has 1 unspecified atom stereocenters. The molecule has 0 aromatic carbocycles. The molecule has 0 aromatic rings. The Kier molecular flexibility index (Phi) is 3.20. The molecule has 0 aliphatic carbocycles. The molecule has 0 saturated carbocycles. The molecule has 1 amide bonds. The lowest BCUT2D eigenvalue weighted by Gasteiger charge is -2.45. The maximum atomic E-state index is 11.5. The van der Waals surface area contributed by atoms with E-state index >= 15 is 0 Å². The molecule has 3 nitrogen and oxygen atoms in total. The van der Waals surface area contributed by atoms with Crippen LogP contribution in [0.2, 0.25) is 0 Å². The Morgan fingerprint density at radius 3 is 2.50 bits per heavy atom. The zero-order valence-electron chi connectivity index (χ0n) is 9.92.